The first-order valence-electron chi connectivity index (χ1n) is 3.87. The van der Waals surface area contributed by atoms with E-state index in [1.54, 1.807) is 6.08 Å². The summed E-state index contributed by atoms with van der Waals surface area (Å²) >= 11 is -0.217. The van der Waals surface area contributed by atoms with Gasteiger partial charge >= 0.3 is 86.5 Å². The van der Waals surface area contributed by atoms with E-state index in [4.69, 9.17) is 14.6 Å². The molecule has 1 N–H and O–H groups in total. The van der Waals surface area contributed by atoms with E-state index in [2.05, 4.69) is 3.21 Å². The standard InChI is InChI=1S/C8H9INO3/c11-7-5-12-8-6(13-7)3-1-2-4-9-10-8/h1-3,7,11H,4-5H2/q-1. The fourth-order valence-electron chi connectivity index (χ4n) is 0.964. The fraction of sp³-hybridized carbons (Fsp3) is 0.375. The van der Waals surface area contributed by atoms with Crippen molar-refractivity contribution >= 4 is 5.90 Å². The van der Waals surface area contributed by atoms with Crippen LogP contribution in [0.2, 0.25) is 0 Å². The molecule has 0 amide bonds. The van der Waals surface area contributed by atoms with Gasteiger partial charge in [0.05, 0.1) is 0 Å². The van der Waals surface area contributed by atoms with E-state index in [9.17, 15) is 0 Å². The summed E-state index contributed by atoms with van der Waals surface area (Å²) in [6.07, 6.45) is 4.86. The Hall–Kier alpha value is -0.560. The molecule has 0 bridgehead atoms. The molecule has 5 heteroatoms. The summed E-state index contributed by atoms with van der Waals surface area (Å²) in [6, 6.07) is 0. The van der Waals surface area contributed by atoms with Gasteiger partial charge in [0.1, 0.15) is 0 Å². The fourth-order valence-corrected chi connectivity index (χ4v) is 2.37. The first-order chi connectivity index (χ1) is 6.36. The van der Waals surface area contributed by atoms with Crippen LogP contribution >= 0.6 is 0 Å². The molecular weight excluding hydrogens is 285 g/mol. The van der Waals surface area contributed by atoms with Gasteiger partial charge in [-0.2, -0.15) is 0 Å². The molecule has 13 heavy (non-hydrogen) atoms. The van der Waals surface area contributed by atoms with Crippen molar-refractivity contribution in [1.29, 1.82) is 0 Å². The van der Waals surface area contributed by atoms with Crippen LogP contribution in [0.25, 0.3) is 0 Å². The minimum absolute atomic E-state index is 0.170. The van der Waals surface area contributed by atoms with E-state index in [1.165, 1.54) is 0 Å². The Morgan fingerprint density at radius 3 is 3.46 bits per heavy atom. The summed E-state index contributed by atoms with van der Waals surface area (Å²) < 4.78 is 15.7. The van der Waals surface area contributed by atoms with Crippen LogP contribution in [-0.2, 0) is 9.47 Å². The summed E-state index contributed by atoms with van der Waals surface area (Å²) in [4.78, 5) is 0. The average molecular weight is 294 g/mol. The molecule has 2 aliphatic heterocycles. The molecule has 4 nitrogen and oxygen atoms in total. The van der Waals surface area contributed by atoms with Gasteiger partial charge in [-0.25, -0.2) is 0 Å². The third-order valence-corrected chi connectivity index (χ3v) is 3.20. The van der Waals surface area contributed by atoms with Crippen molar-refractivity contribution in [3.05, 3.63) is 24.0 Å². The number of hydrogen-bond donors (Lipinski definition) is 1. The molecule has 1 fully saturated rings. The minimum atomic E-state index is -0.865. The molecule has 0 spiro atoms. The van der Waals surface area contributed by atoms with Gasteiger partial charge in [-0.05, 0) is 0 Å². The Morgan fingerprint density at radius 2 is 2.54 bits per heavy atom. The number of fused-ring (bicyclic) bond motifs is 1. The van der Waals surface area contributed by atoms with Crippen molar-refractivity contribution in [1.82, 2.24) is 0 Å². The molecule has 1 saturated heterocycles. The molecule has 72 valence electrons. The molecule has 0 radical (unpaired) electrons. The van der Waals surface area contributed by atoms with Crippen LogP contribution in [0.4, 0.5) is 0 Å². The zero-order valence-electron chi connectivity index (χ0n) is 6.81. The van der Waals surface area contributed by atoms with E-state index in [1.807, 2.05) is 12.2 Å². The Labute approximate surface area is 86.6 Å². The van der Waals surface area contributed by atoms with E-state index < -0.39 is 6.29 Å². The molecule has 0 aromatic rings. The number of aliphatic hydroxyl groups is 1. The molecule has 1 unspecified atom stereocenters. The van der Waals surface area contributed by atoms with Crippen LogP contribution < -0.4 is 21.5 Å². The number of hydrogen-bond acceptors (Lipinski definition) is 4. The SMILES string of the molecule is OC1COC2=N[I-]CC=CC=C2O1. The molecule has 2 aliphatic rings. The predicted octanol–water partition coefficient (Wildman–Crippen LogP) is -2.79. The number of aliphatic hydroxyl groups excluding tert-OH is 1. The van der Waals surface area contributed by atoms with Crippen molar-refractivity contribution in [3.8, 4) is 0 Å². The van der Waals surface area contributed by atoms with Gasteiger partial charge in [0, 0.05) is 0 Å². The summed E-state index contributed by atoms with van der Waals surface area (Å²) in [6.45, 7) is 0.170. The van der Waals surface area contributed by atoms with Gasteiger partial charge < -0.3 is 0 Å². The van der Waals surface area contributed by atoms with E-state index in [-0.39, 0.29) is 28.1 Å². The molecule has 0 aliphatic carbocycles. The maximum absolute atomic E-state index is 9.15. The van der Waals surface area contributed by atoms with Gasteiger partial charge in [0.15, 0.2) is 0 Å². The van der Waals surface area contributed by atoms with Crippen molar-refractivity contribution in [2.24, 2.45) is 3.21 Å². The summed E-state index contributed by atoms with van der Waals surface area (Å²) in [5.74, 6) is 1.08. The number of allylic oxidation sites excluding steroid dienone is 3. The van der Waals surface area contributed by atoms with E-state index >= 15 is 0 Å². The van der Waals surface area contributed by atoms with Crippen molar-refractivity contribution in [2.45, 2.75) is 6.29 Å². The number of nitrogens with zero attached hydrogens (tertiary/aromatic N) is 1. The summed E-state index contributed by atoms with van der Waals surface area (Å²) in [5, 5.41) is 9.15. The second-order valence-corrected chi connectivity index (χ2v) is 4.55. The molecular formula is C8H9INO3-. The maximum atomic E-state index is 9.15. The normalized spacial score (nSPS) is 27.6. The molecule has 0 aromatic carbocycles. The zero-order chi connectivity index (χ0) is 9.10. The Balaban J connectivity index is 2.22. The summed E-state index contributed by atoms with van der Waals surface area (Å²) in [5.41, 5.74) is 0. The number of halogens is 1. The van der Waals surface area contributed by atoms with Gasteiger partial charge in [-0.1, -0.05) is 0 Å². The molecule has 1 atom stereocenters. The predicted molar refractivity (Wildman–Crippen MR) is 42.6 cm³/mol. The molecule has 2 rings (SSSR count). The number of rotatable bonds is 0. The molecule has 0 aromatic heterocycles. The van der Waals surface area contributed by atoms with Crippen LogP contribution in [-0.4, -0.2) is 28.3 Å². The third-order valence-electron chi connectivity index (χ3n) is 1.51. The Kier molecular flexibility index (Phi) is 2.84. The van der Waals surface area contributed by atoms with Crippen LogP contribution in [0, 0.1) is 0 Å². The van der Waals surface area contributed by atoms with Crippen LogP contribution in [0.5, 0.6) is 0 Å². The first kappa shape index (κ1) is 9.01. The second kappa shape index (κ2) is 4.10. The van der Waals surface area contributed by atoms with E-state index in [0.717, 1.165) is 4.43 Å². The zero-order valence-corrected chi connectivity index (χ0v) is 8.97. The average Bonchev–Trinajstić information content (AvgIpc) is 2.08. The molecule has 0 saturated carbocycles. The quantitative estimate of drug-likeness (QED) is 0.388. The number of alkyl halides is 1. The Bertz CT molecular complexity index is 285. The van der Waals surface area contributed by atoms with Crippen molar-refractivity contribution in [3.63, 3.8) is 0 Å². The van der Waals surface area contributed by atoms with Crippen molar-refractivity contribution < 1.29 is 36.1 Å². The van der Waals surface area contributed by atoms with Crippen molar-refractivity contribution in [2.75, 3.05) is 11.0 Å². The topological polar surface area (TPSA) is 51.0 Å². The van der Waals surface area contributed by atoms with E-state index in [0.29, 0.717) is 11.7 Å². The Morgan fingerprint density at radius 1 is 1.62 bits per heavy atom. The van der Waals surface area contributed by atoms with Crippen LogP contribution in [0.1, 0.15) is 0 Å². The van der Waals surface area contributed by atoms with Gasteiger partial charge in [-0.15, -0.1) is 0 Å². The number of ether oxygens (including phenoxy) is 2. The van der Waals surface area contributed by atoms with Gasteiger partial charge in [-0.3, -0.25) is 0 Å². The van der Waals surface area contributed by atoms with Crippen LogP contribution in [0.3, 0.4) is 0 Å². The summed E-state index contributed by atoms with van der Waals surface area (Å²) in [7, 11) is 0. The van der Waals surface area contributed by atoms with Gasteiger partial charge in [0.2, 0.25) is 0 Å². The monoisotopic (exact) mass is 294 g/mol. The van der Waals surface area contributed by atoms with Gasteiger partial charge in [0.25, 0.3) is 0 Å². The molecule has 2 heterocycles. The first-order valence-corrected chi connectivity index (χ1v) is 6.36. The van der Waals surface area contributed by atoms with Crippen LogP contribution in [0.15, 0.2) is 27.2 Å². The third kappa shape index (κ3) is 2.22. The second-order valence-electron chi connectivity index (χ2n) is 2.51.